The molecule has 0 nitrogen and oxygen atoms in total. The van der Waals surface area contributed by atoms with E-state index in [4.69, 9.17) is 0 Å². The van der Waals surface area contributed by atoms with E-state index >= 15 is 0 Å². The Hall–Kier alpha value is -2.60. The van der Waals surface area contributed by atoms with Crippen molar-refractivity contribution < 1.29 is 0 Å². The SMILES string of the molecule is C=CC.CCc1ccccc1.Cc1ccc(C(C)c2cc(C)cc(C(C)(C)C)c2)cc1. The van der Waals surface area contributed by atoms with Crippen molar-refractivity contribution in [1.29, 1.82) is 0 Å². The normalized spacial score (nSPS) is 11.4. The highest BCUT2D eigenvalue weighted by Gasteiger charge is 2.17. The number of aryl methyl sites for hydroxylation is 3. The second kappa shape index (κ2) is 13.0. The van der Waals surface area contributed by atoms with Gasteiger partial charge in [-0.1, -0.05) is 125 Å². The molecule has 0 N–H and O–H groups in total. The Morgan fingerprint density at radius 3 is 1.81 bits per heavy atom. The topological polar surface area (TPSA) is 0 Å². The largest absolute Gasteiger partial charge is 0.103 e. The summed E-state index contributed by atoms with van der Waals surface area (Å²) in [7, 11) is 0. The van der Waals surface area contributed by atoms with E-state index in [9.17, 15) is 0 Å². The molecule has 1 unspecified atom stereocenters. The summed E-state index contributed by atoms with van der Waals surface area (Å²) in [6.45, 7) is 20.9. The lowest BCUT2D eigenvalue weighted by molar-refractivity contribution is 0.588. The van der Waals surface area contributed by atoms with Crippen LogP contribution in [0.3, 0.4) is 0 Å². The summed E-state index contributed by atoms with van der Waals surface area (Å²) in [4.78, 5) is 0. The van der Waals surface area contributed by atoms with E-state index < -0.39 is 0 Å². The predicted molar refractivity (Wildman–Crippen MR) is 140 cm³/mol. The Morgan fingerprint density at radius 2 is 1.35 bits per heavy atom. The number of hydrogen-bond acceptors (Lipinski definition) is 0. The maximum absolute atomic E-state index is 3.36. The third-order valence-corrected chi connectivity index (χ3v) is 5.29. The van der Waals surface area contributed by atoms with Gasteiger partial charge in [-0.25, -0.2) is 0 Å². The molecular weight excluding hydrogens is 372 g/mol. The lowest BCUT2D eigenvalue weighted by Gasteiger charge is -2.23. The summed E-state index contributed by atoms with van der Waals surface area (Å²) in [5.41, 5.74) is 8.51. The number of hydrogen-bond donors (Lipinski definition) is 0. The van der Waals surface area contributed by atoms with Crippen LogP contribution in [0.25, 0.3) is 0 Å². The molecule has 0 heterocycles. The Bertz CT molecular complexity index is 893. The van der Waals surface area contributed by atoms with Gasteiger partial charge in [-0.2, -0.15) is 0 Å². The van der Waals surface area contributed by atoms with Crippen molar-refractivity contribution in [2.75, 3.05) is 0 Å². The van der Waals surface area contributed by atoms with Gasteiger partial charge in [0.1, 0.15) is 0 Å². The summed E-state index contributed by atoms with van der Waals surface area (Å²) in [5.74, 6) is 0.441. The monoisotopic (exact) mass is 414 g/mol. The zero-order chi connectivity index (χ0) is 23.4. The first-order valence-electron chi connectivity index (χ1n) is 11.4. The van der Waals surface area contributed by atoms with Gasteiger partial charge in [-0.3, -0.25) is 0 Å². The van der Waals surface area contributed by atoms with Crippen LogP contribution >= 0.6 is 0 Å². The van der Waals surface area contributed by atoms with Crippen molar-refractivity contribution in [3.05, 3.63) is 119 Å². The molecule has 0 fully saturated rings. The first kappa shape index (κ1) is 26.4. The van der Waals surface area contributed by atoms with Crippen LogP contribution in [-0.2, 0) is 11.8 Å². The summed E-state index contributed by atoms with van der Waals surface area (Å²) in [6.07, 6.45) is 2.89. The van der Waals surface area contributed by atoms with E-state index in [0.717, 1.165) is 6.42 Å². The molecule has 3 aromatic carbocycles. The van der Waals surface area contributed by atoms with E-state index in [0.29, 0.717) is 5.92 Å². The molecule has 0 heteroatoms. The van der Waals surface area contributed by atoms with Gasteiger partial charge < -0.3 is 0 Å². The lowest BCUT2D eigenvalue weighted by Crippen LogP contribution is -2.12. The fraction of sp³-hybridized carbons (Fsp3) is 0.355. The van der Waals surface area contributed by atoms with Gasteiger partial charge in [0, 0.05) is 5.92 Å². The van der Waals surface area contributed by atoms with Crippen LogP contribution in [0.1, 0.15) is 80.8 Å². The highest BCUT2D eigenvalue weighted by molar-refractivity contribution is 5.39. The van der Waals surface area contributed by atoms with Gasteiger partial charge in [0.2, 0.25) is 0 Å². The maximum atomic E-state index is 3.36. The van der Waals surface area contributed by atoms with Crippen molar-refractivity contribution in [3.63, 3.8) is 0 Å². The Labute approximate surface area is 192 Å². The molecule has 0 aromatic heterocycles. The predicted octanol–water partition coefficient (Wildman–Crippen LogP) is 9.19. The molecule has 0 radical (unpaired) electrons. The highest BCUT2D eigenvalue weighted by atomic mass is 14.2. The van der Waals surface area contributed by atoms with Gasteiger partial charge in [0.25, 0.3) is 0 Å². The van der Waals surface area contributed by atoms with E-state index in [2.05, 4.69) is 122 Å². The minimum atomic E-state index is 0.202. The molecule has 0 bridgehead atoms. The first-order valence-corrected chi connectivity index (χ1v) is 11.4. The van der Waals surface area contributed by atoms with Crippen molar-refractivity contribution in [2.45, 2.75) is 73.1 Å². The summed E-state index contributed by atoms with van der Waals surface area (Å²) in [6, 6.07) is 26.4. The smallest absolute Gasteiger partial charge is 0.00612 e. The van der Waals surface area contributed by atoms with Crippen LogP contribution in [-0.4, -0.2) is 0 Å². The van der Waals surface area contributed by atoms with E-state index in [-0.39, 0.29) is 5.41 Å². The number of allylic oxidation sites excluding steroid dienone is 1. The maximum Gasteiger partial charge on any atom is 0.00612 e. The third-order valence-electron chi connectivity index (χ3n) is 5.29. The molecule has 166 valence electrons. The third kappa shape index (κ3) is 9.39. The van der Waals surface area contributed by atoms with Crippen LogP contribution < -0.4 is 0 Å². The van der Waals surface area contributed by atoms with Gasteiger partial charge in [0.05, 0.1) is 0 Å². The molecule has 0 aliphatic rings. The quantitative estimate of drug-likeness (QED) is 0.375. The molecule has 1 atom stereocenters. The van der Waals surface area contributed by atoms with Crippen LogP contribution in [0.5, 0.6) is 0 Å². The Kier molecular flexibility index (Phi) is 11.0. The first-order chi connectivity index (χ1) is 14.6. The standard InChI is InChI=1S/C20H26.C8H10.C3H6/c1-14-7-9-17(10-8-14)16(3)18-11-15(2)12-19(13-18)20(4,5)6;1-2-8-6-4-3-5-7-8;1-3-2/h7-13,16H,1-6H3;3-7H,2H2,1H3;3H,1H2,2H3. The van der Waals surface area contributed by atoms with E-state index in [1.807, 2.05) is 13.0 Å². The van der Waals surface area contributed by atoms with Crippen molar-refractivity contribution in [3.8, 4) is 0 Å². The van der Waals surface area contributed by atoms with E-state index in [1.165, 1.54) is 33.4 Å². The molecule has 0 aliphatic heterocycles. The minimum Gasteiger partial charge on any atom is -0.103 e. The summed E-state index contributed by atoms with van der Waals surface area (Å²) in [5, 5.41) is 0. The molecule has 0 aliphatic carbocycles. The molecular formula is C31H42. The van der Waals surface area contributed by atoms with Gasteiger partial charge >= 0.3 is 0 Å². The van der Waals surface area contributed by atoms with Crippen molar-refractivity contribution >= 4 is 0 Å². The molecule has 3 rings (SSSR count). The molecule has 31 heavy (non-hydrogen) atoms. The van der Waals surface area contributed by atoms with Gasteiger partial charge in [-0.05, 0) is 54.9 Å². The second-order valence-electron chi connectivity index (χ2n) is 9.26. The fourth-order valence-electron chi connectivity index (χ4n) is 3.26. The average Bonchev–Trinajstić information content (AvgIpc) is 2.74. The van der Waals surface area contributed by atoms with Crippen molar-refractivity contribution in [1.82, 2.24) is 0 Å². The molecule has 0 saturated heterocycles. The van der Waals surface area contributed by atoms with Crippen LogP contribution in [0.15, 0.2) is 85.5 Å². The fourth-order valence-corrected chi connectivity index (χ4v) is 3.26. The molecule has 3 aromatic rings. The highest BCUT2D eigenvalue weighted by Crippen LogP contribution is 2.30. The summed E-state index contributed by atoms with van der Waals surface area (Å²) < 4.78 is 0. The second-order valence-corrected chi connectivity index (χ2v) is 9.26. The van der Waals surface area contributed by atoms with Crippen LogP contribution in [0, 0.1) is 13.8 Å². The number of rotatable bonds is 3. The van der Waals surface area contributed by atoms with Gasteiger partial charge in [-0.15, -0.1) is 6.58 Å². The van der Waals surface area contributed by atoms with Crippen LogP contribution in [0.2, 0.25) is 0 Å². The van der Waals surface area contributed by atoms with Gasteiger partial charge in [0.15, 0.2) is 0 Å². The molecule has 0 spiro atoms. The van der Waals surface area contributed by atoms with Crippen molar-refractivity contribution in [2.24, 2.45) is 0 Å². The van der Waals surface area contributed by atoms with E-state index in [1.54, 1.807) is 6.08 Å². The average molecular weight is 415 g/mol. The van der Waals surface area contributed by atoms with Crippen LogP contribution in [0.4, 0.5) is 0 Å². The summed E-state index contributed by atoms with van der Waals surface area (Å²) >= 11 is 0. The minimum absolute atomic E-state index is 0.202. The lowest BCUT2D eigenvalue weighted by atomic mass is 9.82. The number of benzene rings is 3. The molecule has 0 saturated carbocycles. The Balaban J connectivity index is 0.000000361. The zero-order valence-electron chi connectivity index (χ0n) is 21.0. The Morgan fingerprint density at radius 1 is 0.806 bits per heavy atom. The molecule has 0 amide bonds. The zero-order valence-corrected chi connectivity index (χ0v) is 21.0.